The molecule has 0 unspecified atom stereocenters. The van der Waals surface area contributed by atoms with Gasteiger partial charge in [0.25, 0.3) is 0 Å². The average molecular weight is 391 g/mol. The minimum Gasteiger partial charge on any atom is -0.507 e. The Morgan fingerprint density at radius 1 is 1.21 bits per heavy atom. The molecule has 1 N–H and O–H groups in total. The van der Waals surface area contributed by atoms with Gasteiger partial charge >= 0.3 is 5.97 Å². The molecule has 0 saturated heterocycles. The Bertz CT molecular complexity index is 1090. The van der Waals surface area contributed by atoms with Crippen LogP contribution in [0.15, 0.2) is 54.3 Å². The SMILES string of the molecule is Cc1ccc(OCCC(=O)OC/C(O)=C(\C#N)c2nc3ccccc3n2C)cc1. The second-order valence-corrected chi connectivity index (χ2v) is 6.49. The van der Waals surface area contributed by atoms with Crippen LogP contribution in [-0.4, -0.2) is 33.8 Å². The minimum absolute atomic E-state index is 0.0231. The molecule has 1 aromatic heterocycles. The fourth-order valence-corrected chi connectivity index (χ4v) is 2.79. The molecule has 0 aliphatic carbocycles. The molecule has 0 bridgehead atoms. The summed E-state index contributed by atoms with van der Waals surface area (Å²) < 4.78 is 12.3. The van der Waals surface area contributed by atoms with Crippen LogP contribution in [0.1, 0.15) is 17.8 Å². The number of aliphatic hydroxyl groups excluding tert-OH is 1. The van der Waals surface area contributed by atoms with E-state index >= 15 is 0 Å². The number of carbonyl (C=O) groups excluding carboxylic acids is 1. The molecular formula is C22H21N3O4. The monoisotopic (exact) mass is 391 g/mol. The largest absolute Gasteiger partial charge is 0.507 e. The van der Waals surface area contributed by atoms with Crippen molar-refractivity contribution in [3.63, 3.8) is 0 Å². The van der Waals surface area contributed by atoms with Gasteiger partial charge in [-0.3, -0.25) is 4.79 Å². The minimum atomic E-state index is -0.536. The highest BCUT2D eigenvalue weighted by atomic mass is 16.5. The number of nitriles is 1. The second-order valence-electron chi connectivity index (χ2n) is 6.49. The van der Waals surface area contributed by atoms with E-state index in [2.05, 4.69) is 4.98 Å². The van der Waals surface area contributed by atoms with E-state index < -0.39 is 12.6 Å². The van der Waals surface area contributed by atoms with Crippen LogP contribution in [0, 0.1) is 18.3 Å². The molecule has 0 radical (unpaired) electrons. The highest BCUT2D eigenvalue weighted by molar-refractivity contribution is 5.83. The topological polar surface area (TPSA) is 97.4 Å². The molecule has 29 heavy (non-hydrogen) atoms. The number of nitrogens with zero attached hydrogens (tertiary/aromatic N) is 3. The summed E-state index contributed by atoms with van der Waals surface area (Å²) in [5.74, 6) is 0.0920. The van der Waals surface area contributed by atoms with Crippen LogP contribution in [0.25, 0.3) is 16.6 Å². The molecule has 0 atom stereocenters. The zero-order valence-electron chi connectivity index (χ0n) is 16.3. The fraction of sp³-hybridized carbons (Fsp3) is 0.227. The Labute approximate surface area is 168 Å². The molecule has 7 nitrogen and oxygen atoms in total. The molecule has 148 valence electrons. The van der Waals surface area contributed by atoms with Crippen LogP contribution in [0.4, 0.5) is 0 Å². The molecule has 3 aromatic rings. The summed E-state index contributed by atoms with van der Waals surface area (Å²) in [6, 6.07) is 16.8. The number of fused-ring (bicyclic) bond motifs is 1. The summed E-state index contributed by atoms with van der Waals surface area (Å²) in [5, 5.41) is 19.8. The van der Waals surface area contributed by atoms with Gasteiger partial charge in [-0.05, 0) is 31.2 Å². The van der Waals surface area contributed by atoms with E-state index in [-0.39, 0.29) is 24.4 Å². The first-order valence-electron chi connectivity index (χ1n) is 9.08. The number of rotatable bonds is 7. The Morgan fingerprint density at radius 3 is 2.62 bits per heavy atom. The Morgan fingerprint density at radius 2 is 1.93 bits per heavy atom. The number of hydrogen-bond donors (Lipinski definition) is 1. The van der Waals surface area contributed by atoms with Crippen molar-refractivity contribution >= 4 is 22.6 Å². The number of ether oxygens (including phenoxy) is 2. The van der Waals surface area contributed by atoms with Gasteiger partial charge in [-0.2, -0.15) is 5.26 Å². The predicted molar refractivity (Wildman–Crippen MR) is 108 cm³/mol. The zero-order chi connectivity index (χ0) is 20.8. The van der Waals surface area contributed by atoms with Gasteiger partial charge in [-0.25, -0.2) is 4.98 Å². The number of allylic oxidation sites excluding steroid dienone is 1. The summed E-state index contributed by atoms with van der Waals surface area (Å²) in [6.45, 7) is 1.72. The number of aromatic nitrogens is 2. The van der Waals surface area contributed by atoms with E-state index in [0.29, 0.717) is 17.1 Å². The average Bonchev–Trinajstić information content (AvgIpc) is 3.05. The van der Waals surface area contributed by atoms with E-state index in [1.807, 2.05) is 61.5 Å². The Hall–Kier alpha value is -3.79. The number of carbonyl (C=O) groups is 1. The van der Waals surface area contributed by atoms with Crippen molar-refractivity contribution in [2.24, 2.45) is 7.05 Å². The van der Waals surface area contributed by atoms with E-state index in [1.54, 1.807) is 11.6 Å². The number of benzene rings is 2. The summed E-state index contributed by atoms with van der Waals surface area (Å²) >= 11 is 0. The lowest BCUT2D eigenvalue weighted by Crippen LogP contribution is -2.12. The molecule has 2 aromatic carbocycles. The van der Waals surface area contributed by atoms with Gasteiger partial charge in [0.15, 0.2) is 11.6 Å². The molecular weight excluding hydrogens is 370 g/mol. The molecule has 3 rings (SSSR count). The van der Waals surface area contributed by atoms with Crippen molar-refractivity contribution in [2.45, 2.75) is 13.3 Å². The molecule has 0 aliphatic rings. The Balaban J connectivity index is 1.59. The van der Waals surface area contributed by atoms with E-state index in [9.17, 15) is 15.2 Å². The predicted octanol–water partition coefficient (Wildman–Crippen LogP) is 3.69. The molecule has 0 fully saturated rings. The quantitative estimate of drug-likeness (QED) is 0.375. The van der Waals surface area contributed by atoms with Crippen molar-refractivity contribution in [1.29, 1.82) is 5.26 Å². The van der Waals surface area contributed by atoms with Gasteiger partial charge < -0.3 is 19.1 Å². The molecule has 0 aliphatic heterocycles. The maximum absolute atomic E-state index is 11.9. The summed E-state index contributed by atoms with van der Waals surface area (Å²) in [6.07, 6.45) is 0.0231. The van der Waals surface area contributed by atoms with Gasteiger partial charge in [0.05, 0.1) is 24.1 Å². The lowest BCUT2D eigenvalue weighted by atomic mass is 10.2. The van der Waals surface area contributed by atoms with Gasteiger partial charge in [-0.1, -0.05) is 29.8 Å². The number of imidazole rings is 1. The van der Waals surface area contributed by atoms with Crippen LogP contribution in [0.5, 0.6) is 5.75 Å². The van der Waals surface area contributed by atoms with Crippen LogP contribution >= 0.6 is 0 Å². The van der Waals surface area contributed by atoms with Gasteiger partial charge in [0, 0.05) is 7.05 Å². The third-order valence-corrected chi connectivity index (χ3v) is 4.38. The van der Waals surface area contributed by atoms with E-state index in [0.717, 1.165) is 11.1 Å². The molecule has 7 heteroatoms. The maximum atomic E-state index is 11.9. The number of para-hydroxylation sites is 2. The Kier molecular flexibility index (Phi) is 6.15. The van der Waals surface area contributed by atoms with Crippen LogP contribution < -0.4 is 4.74 Å². The first kappa shape index (κ1) is 20.0. The second kappa shape index (κ2) is 8.93. The van der Waals surface area contributed by atoms with E-state index in [1.165, 1.54) is 0 Å². The van der Waals surface area contributed by atoms with Crippen molar-refractivity contribution in [3.05, 3.63) is 65.7 Å². The summed E-state index contributed by atoms with van der Waals surface area (Å²) in [7, 11) is 1.75. The van der Waals surface area contributed by atoms with Crippen molar-refractivity contribution in [3.8, 4) is 11.8 Å². The van der Waals surface area contributed by atoms with Crippen LogP contribution in [-0.2, 0) is 16.6 Å². The first-order valence-corrected chi connectivity index (χ1v) is 9.08. The first-order chi connectivity index (χ1) is 14.0. The lowest BCUT2D eigenvalue weighted by molar-refractivity contribution is -0.143. The van der Waals surface area contributed by atoms with Crippen LogP contribution in [0.2, 0.25) is 0 Å². The normalized spacial score (nSPS) is 11.6. The number of aliphatic hydroxyl groups is 1. The third-order valence-electron chi connectivity index (χ3n) is 4.38. The third kappa shape index (κ3) is 4.74. The smallest absolute Gasteiger partial charge is 0.309 e. The van der Waals surface area contributed by atoms with Gasteiger partial charge in [0.1, 0.15) is 24.0 Å². The van der Waals surface area contributed by atoms with Gasteiger partial charge in [0.2, 0.25) is 0 Å². The number of hydrogen-bond acceptors (Lipinski definition) is 6. The van der Waals surface area contributed by atoms with Crippen molar-refractivity contribution < 1.29 is 19.4 Å². The summed E-state index contributed by atoms with van der Waals surface area (Å²) in [4.78, 5) is 16.3. The van der Waals surface area contributed by atoms with E-state index in [4.69, 9.17) is 9.47 Å². The van der Waals surface area contributed by atoms with Crippen molar-refractivity contribution in [2.75, 3.05) is 13.2 Å². The van der Waals surface area contributed by atoms with Crippen LogP contribution in [0.3, 0.4) is 0 Å². The highest BCUT2D eigenvalue weighted by Crippen LogP contribution is 2.22. The van der Waals surface area contributed by atoms with Gasteiger partial charge in [-0.15, -0.1) is 0 Å². The van der Waals surface area contributed by atoms with Crippen molar-refractivity contribution in [1.82, 2.24) is 9.55 Å². The summed E-state index contributed by atoms with van der Waals surface area (Å²) in [5.41, 5.74) is 2.62. The zero-order valence-corrected chi connectivity index (χ0v) is 16.3. The molecule has 0 saturated carbocycles. The number of esters is 1. The fourth-order valence-electron chi connectivity index (χ4n) is 2.79. The maximum Gasteiger partial charge on any atom is 0.309 e. The number of aryl methyl sites for hydroxylation is 2. The molecule has 0 amide bonds. The molecule has 1 heterocycles. The highest BCUT2D eigenvalue weighted by Gasteiger charge is 2.17. The lowest BCUT2D eigenvalue weighted by Gasteiger charge is -2.08. The standard InChI is InChI=1S/C22H21N3O4/c1-15-7-9-16(10-8-15)28-12-11-21(27)29-14-20(26)17(13-23)22-24-18-5-3-4-6-19(18)25(22)2/h3-10,26H,11-12,14H2,1-2H3/b20-17-. The molecule has 0 spiro atoms.